The molecule has 0 bridgehead atoms. The number of hydrogen-bond acceptors (Lipinski definition) is 3. The van der Waals surface area contributed by atoms with E-state index in [1.54, 1.807) is 0 Å². The van der Waals surface area contributed by atoms with Gasteiger partial charge in [-0.2, -0.15) is 4.31 Å². The minimum atomic E-state index is -3.75. The van der Waals surface area contributed by atoms with Crippen molar-refractivity contribution < 1.29 is 18.3 Å². The summed E-state index contributed by atoms with van der Waals surface area (Å²) in [6.45, 7) is 0.0883. The predicted molar refractivity (Wildman–Crippen MR) is 121 cm³/mol. The highest BCUT2D eigenvalue weighted by Gasteiger charge is 2.38. The van der Waals surface area contributed by atoms with Crippen LogP contribution >= 0.6 is 11.6 Å². The molecule has 0 fully saturated rings. The normalized spacial score (nSPS) is 16.6. The van der Waals surface area contributed by atoms with Gasteiger partial charge in [-0.25, -0.2) is 8.42 Å². The number of carboxylic acids is 1. The SMILES string of the molecule is O=C(O)[C@H]1Cc2ccccc2CN1S(=O)(=O)CCc1ccc(-c2ccc(Cl)cc2)cc1. The summed E-state index contributed by atoms with van der Waals surface area (Å²) in [5, 5.41) is 10.3. The minimum absolute atomic E-state index is 0.0883. The van der Waals surface area contributed by atoms with E-state index in [4.69, 9.17) is 11.6 Å². The van der Waals surface area contributed by atoms with Gasteiger partial charge >= 0.3 is 5.97 Å². The van der Waals surface area contributed by atoms with Crippen molar-refractivity contribution in [1.82, 2.24) is 4.31 Å². The molecule has 1 aliphatic rings. The van der Waals surface area contributed by atoms with E-state index in [9.17, 15) is 18.3 Å². The van der Waals surface area contributed by atoms with Gasteiger partial charge in [-0.05, 0) is 46.4 Å². The van der Waals surface area contributed by atoms with Crippen LogP contribution in [0, 0.1) is 0 Å². The van der Waals surface area contributed by atoms with Crippen LogP contribution in [0.2, 0.25) is 5.02 Å². The van der Waals surface area contributed by atoms with Gasteiger partial charge in [0.05, 0.1) is 5.75 Å². The second-order valence-corrected chi connectivity index (χ2v) is 10.1. The molecule has 3 aromatic rings. The zero-order valence-corrected chi connectivity index (χ0v) is 18.3. The first-order valence-corrected chi connectivity index (χ1v) is 12.0. The molecule has 0 aliphatic carbocycles. The molecular weight excluding hydrogens is 434 g/mol. The van der Waals surface area contributed by atoms with Gasteiger partial charge in [-0.15, -0.1) is 0 Å². The third-order valence-electron chi connectivity index (χ3n) is 5.63. The Balaban J connectivity index is 1.48. The topological polar surface area (TPSA) is 74.7 Å². The van der Waals surface area contributed by atoms with Crippen molar-refractivity contribution in [2.24, 2.45) is 0 Å². The molecule has 160 valence electrons. The summed E-state index contributed by atoms with van der Waals surface area (Å²) in [6, 6.07) is 21.5. The van der Waals surface area contributed by atoms with Crippen molar-refractivity contribution in [2.45, 2.75) is 25.4 Å². The molecule has 4 rings (SSSR count). The number of sulfonamides is 1. The van der Waals surface area contributed by atoms with E-state index in [0.717, 1.165) is 32.1 Å². The molecule has 7 heteroatoms. The smallest absolute Gasteiger partial charge is 0.322 e. The van der Waals surface area contributed by atoms with E-state index >= 15 is 0 Å². The van der Waals surface area contributed by atoms with Gasteiger partial charge < -0.3 is 5.11 Å². The van der Waals surface area contributed by atoms with Gasteiger partial charge in [-0.1, -0.05) is 72.3 Å². The lowest BCUT2D eigenvalue weighted by Crippen LogP contribution is -2.49. The zero-order valence-electron chi connectivity index (χ0n) is 16.7. The number of aliphatic carboxylic acids is 1. The summed E-state index contributed by atoms with van der Waals surface area (Å²) in [4.78, 5) is 11.8. The number of halogens is 1. The van der Waals surface area contributed by atoms with Crippen molar-refractivity contribution in [1.29, 1.82) is 0 Å². The molecule has 0 amide bonds. The van der Waals surface area contributed by atoms with E-state index < -0.39 is 22.0 Å². The van der Waals surface area contributed by atoms with Crippen LogP contribution in [0.4, 0.5) is 0 Å². The van der Waals surface area contributed by atoms with E-state index in [0.29, 0.717) is 11.4 Å². The van der Waals surface area contributed by atoms with E-state index in [1.807, 2.05) is 72.8 Å². The average molecular weight is 456 g/mol. The maximum atomic E-state index is 13.1. The summed E-state index contributed by atoms with van der Waals surface area (Å²) in [6.07, 6.45) is 0.494. The van der Waals surface area contributed by atoms with Crippen molar-refractivity contribution in [3.63, 3.8) is 0 Å². The number of nitrogens with zero attached hydrogens (tertiary/aromatic N) is 1. The zero-order chi connectivity index (χ0) is 22.0. The first-order chi connectivity index (χ1) is 14.8. The van der Waals surface area contributed by atoms with Gasteiger partial charge in [0, 0.05) is 18.0 Å². The van der Waals surface area contributed by atoms with Gasteiger partial charge in [0.1, 0.15) is 6.04 Å². The van der Waals surface area contributed by atoms with E-state index in [1.165, 1.54) is 0 Å². The van der Waals surface area contributed by atoms with Crippen LogP contribution < -0.4 is 0 Å². The molecule has 0 saturated carbocycles. The van der Waals surface area contributed by atoms with E-state index in [-0.39, 0.29) is 18.7 Å². The first-order valence-electron chi connectivity index (χ1n) is 9.97. The molecule has 0 spiro atoms. The van der Waals surface area contributed by atoms with Crippen molar-refractivity contribution in [3.8, 4) is 11.1 Å². The fourth-order valence-corrected chi connectivity index (χ4v) is 5.61. The van der Waals surface area contributed by atoms with Crippen LogP contribution in [0.5, 0.6) is 0 Å². The number of benzene rings is 3. The lowest BCUT2D eigenvalue weighted by Gasteiger charge is -2.33. The third-order valence-corrected chi connectivity index (χ3v) is 7.70. The molecule has 1 N–H and O–H groups in total. The largest absolute Gasteiger partial charge is 0.480 e. The van der Waals surface area contributed by atoms with Gasteiger partial charge in [0.25, 0.3) is 0 Å². The second-order valence-electron chi connectivity index (χ2n) is 7.64. The molecule has 0 unspecified atom stereocenters. The quantitative estimate of drug-likeness (QED) is 0.598. The van der Waals surface area contributed by atoms with Gasteiger partial charge in [-0.3, -0.25) is 4.79 Å². The number of rotatable bonds is 6. The van der Waals surface area contributed by atoms with Crippen LogP contribution in [0.25, 0.3) is 11.1 Å². The Bertz CT molecular complexity index is 1190. The lowest BCUT2D eigenvalue weighted by molar-refractivity contribution is -0.141. The number of hydrogen-bond donors (Lipinski definition) is 1. The predicted octanol–water partition coefficient (Wildman–Crippen LogP) is 4.39. The van der Waals surface area contributed by atoms with Gasteiger partial charge in [0.15, 0.2) is 0 Å². The van der Waals surface area contributed by atoms with Crippen LogP contribution in [-0.4, -0.2) is 35.6 Å². The number of fused-ring (bicyclic) bond motifs is 1. The first kappa shape index (κ1) is 21.6. The van der Waals surface area contributed by atoms with Crippen LogP contribution in [0.1, 0.15) is 16.7 Å². The maximum Gasteiger partial charge on any atom is 0.322 e. The number of carboxylic acid groups (broad SMARTS) is 1. The minimum Gasteiger partial charge on any atom is -0.480 e. The number of aryl methyl sites for hydroxylation is 1. The second kappa shape index (κ2) is 8.83. The standard InChI is InChI=1S/C24H22ClNO4S/c25-22-11-9-19(10-12-22)18-7-5-17(6-8-18)13-14-31(29,30)26-16-21-4-2-1-3-20(21)15-23(26)24(27)28/h1-12,23H,13-16H2,(H,27,28)/t23-/m1/s1. The summed E-state index contributed by atoms with van der Waals surface area (Å²) in [5.41, 5.74) is 4.67. The summed E-state index contributed by atoms with van der Waals surface area (Å²) < 4.78 is 27.2. The summed E-state index contributed by atoms with van der Waals surface area (Å²) in [5.74, 6) is -1.26. The molecule has 0 saturated heterocycles. The lowest BCUT2D eigenvalue weighted by atomic mass is 9.96. The Labute approximate surface area is 187 Å². The molecule has 1 aliphatic heterocycles. The molecule has 31 heavy (non-hydrogen) atoms. The molecule has 1 heterocycles. The highest BCUT2D eigenvalue weighted by Crippen LogP contribution is 2.27. The van der Waals surface area contributed by atoms with Crippen molar-refractivity contribution in [3.05, 3.63) is 94.5 Å². The highest BCUT2D eigenvalue weighted by molar-refractivity contribution is 7.89. The van der Waals surface area contributed by atoms with Crippen molar-refractivity contribution >= 4 is 27.6 Å². The summed E-state index contributed by atoms with van der Waals surface area (Å²) >= 11 is 5.93. The molecule has 1 atom stereocenters. The monoisotopic (exact) mass is 455 g/mol. The fraction of sp³-hybridized carbons (Fsp3) is 0.208. The molecule has 0 radical (unpaired) electrons. The van der Waals surface area contributed by atoms with Crippen molar-refractivity contribution in [2.75, 3.05) is 5.75 Å². The Hall–Kier alpha value is -2.67. The van der Waals surface area contributed by atoms with Crippen LogP contribution in [0.15, 0.2) is 72.8 Å². The highest BCUT2D eigenvalue weighted by atomic mass is 35.5. The van der Waals surface area contributed by atoms with Crippen LogP contribution in [-0.2, 0) is 34.2 Å². The molecule has 5 nitrogen and oxygen atoms in total. The van der Waals surface area contributed by atoms with Gasteiger partial charge in [0.2, 0.25) is 10.0 Å². The molecule has 3 aromatic carbocycles. The Morgan fingerprint density at radius 3 is 2.13 bits per heavy atom. The fourth-order valence-electron chi connectivity index (χ4n) is 3.87. The Kier molecular flexibility index (Phi) is 6.14. The Morgan fingerprint density at radius 2 is 1.52 bits per heavy atom. The molecular formula is C24H22ClNO4S. The summed E-state index contributed by atoms with van der Waals surface area (Å²) in [7, 11) is -3.75. The average Bonchev–Trinajstić information content (AvgIpc) is 2.78. The number of carbonyl (C=O) groups is 1. The van der Waals surface area contributed by atoms with E-state index in [2.05, 4.69) is 0 Å². The maximum absolute atomic E-state index is 13.1. The molecule has 0 aromatic heterocycles. The Morgan fingerprint density at radius 1 is 0.935 bits per heavy atom. The van der Waals surface area contributed by atoms with Crippen LogP contribution in [0.3, 0.4) is 0 Å². The third kappa shape index (κ3) is 4.82.